The Labute approximate surface area is 99.0 Å². The summed E-state index contributed by atoms with van der Waals surface area (Å²) in [5.74, 6) is 2.91. The Bertz CT molecular complexity index is 545. The van der Waals surface area contributed by atoms with Crippen LogP contribution in [0, 0.1) is 0 Å². The van der Waals surface area contributed by atoms with Crippen molar-refractivity contribution >= 4 is 5.69 Å². The summed E-state index contributed by atoms with van der Waals surface area (Å²) in [5, 5.41) is 7.21. The second-order valence-electron chi connectivity index (χ2n) is 4.28. The number of nitrogens with two attached hydrogens (primary N) is 1. The number of ether oxygens (including phenoxy) is 1. The van der Waals surface area contributed by atoms with Gasteiger partial charge >= 0.3 is 0 Å². The highest BCUT2D eigenvalue weighted by molar-refractivity contribution is 5.65. The Balaban J connectivity index is 1.96. The SMILES string of the molecule is COc1cc(-c2n[nH]c(C3CC3)n2)ccc1N. The zero-order chi connectivity index (χ0) is 11.8. The zero-order valence-electron chi connectivity index (χ0n) is 9.60. The molecule has 1 saturated carbocycles. The standard InChI is InChI=1S/C12H14N4O/c1-17-10-6-8(4-5-9(10)13)12-14-11(15-16-12)7-2-3-7/h4-7H,2-3,13H2,1H3,(H,14,15,16). The third-order valence-electron chi connectivity index (χ3n) is 2.96. The van der Waals surface area contributed by atoms with E-state index in [1.54, 1.807) is 13.2 Å². The number of hydrogen-bond acceptors (Lipinski definition) is 4. The first kappa shape index (κ1) is 10.1. The molecule has 0 aliphatic heterocycles. The predicted octanol–water partition coefficient (Wildman–Crippen LogP) is 1.94. The summed E-state index contributed by atoms with van der Waals surface area (Å²) < 4.78 is 5.18. The number of H-pyrrole nitrogens is 1. The number of hydrogen-bond donors (Lipinski definition) is 2. The third-order valence-corrected chi connectivity index (χ3v) is 2.96. The first-order valence-electron chi connectivity index (χ1n) is 5.64. The maximum absolute atomic E-state index is 5.77. The monoisotopic (exact) mass is 230 g/mol. The largest absolute Gasteiger partial charge is 0.495 e. The number of nitrogens with one attached hydrogen (secondary N) is 1. The van der Waals surface area contributed by atoms with E-state index in [0.29, 0.717) is 23.2 Å². The summed E-state index contributed by atoms with van der Waals surface area (Å²) in [6, 6.07) is 5.56. The van der Waals surface area contributed by atoms with Gasteiger partial charge in [0.25, 0.3) is 0 Å². The third kappa shape index (κ3) is 1.84. The predicted molar refractivity (Wildman–Crippen MR) is 64.8 cm³/mol. The maximum Gasteiger partial charge on any atom is 0.181 e. The van der Waals surface area contributed by atoms with Crippen LogP contribution in [-0.4, -0.2) is 22.3 Å². The molecule has 0 saturated heterocycles. The molecule has 3 N–H and O–H groups in total. The Kier molecular flexibility index (Phi) is 2.24. The molecule has 0 spiro atoms. The van der Waals surface area contributed by atoms with Crippen LogP contribution >= 0.6 is 0 Å². The van der Waals surface area contributed by atoms with Crippen molar-refractivity contribution in [3.63, 3.8) is 0 Å². The lowest BCUT2D eigenvalue weighted by Gasteiger charge is -2.04. The average molecular weight is 230 g/mol. The van der Waals surface area contributed by atoms with E-state index in [1.165, 1.54) is 12.8 Å². The number of aromatic amines is 1. The molecule has 1 heterocycles. The van der Waals surface area contributed by atoms with Crippen LogP contribution in [0.3, 0.4) is 0 Å². The number of anilines is 1. The number of nitrogens with zero attached hydrogens (tertiary/aromatic N) is 2. The molecule has 88 valence electrons. The van der Waals surface area contributed by atoms with Crippen LogP contribution in [0.1, 0.15) is 24.6 Å². The quantitative estimate of drug-likeness (QED) is 0.790. The van der Waals surface area contributed by atoms with Gasteiger partial charge in [-0.05, 0) is 31.0 Å². The Morgan fingerprint density at radius 1 is 1.41 bits per heavy atom. The fourth-order valence-electron chi connectivity index (χ4n) is 1.79. The maximum atomic E-state index is 5.77. The van der Waals surface area contributed by atoms with Crippen molar-refractivity contribution in [2.45, 2.75) is 18.8 Å². The fourth-order valence-corrected chi connectivity index (χ4v) is 1.79. The smallest absolute Gasteiger partial charge is 0.181 e. The molecule has 1 aromatic heterocycles. The highest BCUT2D eigenvalue weighted by atomic mass is 16.5. The second-order valence-corrected chi connectivity index (χ2v) is 4.28. The highest BCUT2D eigenvalue weighted by Gasteiger charge is 2.27. The van der Waals surface area contributed by atoms with E-state index < -0.39 is 0 Å². The van der Waals surface area contributed by atoms with E-state index >= 15 is 0 Å². The van der Waals surface area contributed by atoms with Crippen molar-refractivity contribution in [2.24, 2.45) is 0 Å². The van der Waals surface area contributed by atoms with E-state index in [1.807, 2.05) is 12.1 Å². The van der Waals surface area contributed by atoms with Crippen molar-refractivity contribution in [2.75, 3.05) is 12.8 Å². The van der Waals surface area contributed by atoms with Gasteiger partial charge in [0.2, 0.25) is 0 Å². The van der Waals surface area contributed by atoms with Crippen LogP contribution in [0.5, 0.6) is 5.75 Å². The molecule has 0 radical (unpaired) electrons. The first-order chi connectivity index (χ1) is 8.28. The Morgan fingerprint density at radius 2 is 2.24 bits per heavy atom. The summed E-state index contributed by atoms with van der Waals surface area (Å²) >= 11 is 0. The lowest BCUT2D eigenvalue weighted by molar-refractivity contribution is 0.417. The van der Waals surface area contributed by atoms with Gasteiger partial charge in [-0.3, -0.25) is 5.10 Å². The highest BCUT2D eigenvalue weighted by Crippen LogP contribution is 2.38. The zero-order valence-corrected chi connectivity index (χ0v) is 9.60. The minimum absolute atomic E-state index is 0.576. The number of aromatic nitrogens is 3. The molecule has 17 heavy (non-hydrogen) atoms. The Morgan fingerprint density at radius 3 is 2.94 bits per heavy atom. The van der Waals surface area contributed by atoms with Gasteiger partial charge in [-0.15, -0.1) is 0 Å². The van der Waals surface area contributed by atoms with Crippen molar-refractivity contribution in [3.8, 4) is 17.1 Å². The molecule has 1 fully saturated rings. The minimum atomic E-state index is 0.576. The molecular weight excluding hydrogens is 216 g/mol. The first-order valence-corrected chi connectivity index (χ1v) is 5.64. The molecule has 0 unspecified atom stereocenters. The van der Waals surface area contributed by atoms with Crippen LogP contribution in [0.2, 0.25) is 0 Å². The van der Waals surface area contributed by atoms with Crippen LogP contribution in [0.15, 0.2) is 18.2 Å². The van der Waals surface area contributed by atoms with Crippen LogP contribution in [0.25, 0.3) is 11.4 Å². The molecule has 1 aromatic carbocycles. The van der Waals surface area contributed by atoms with E-state index in [0.717, 1.165) is 11.4 Å². The topological polar surface area (TPSA) is 76.8 Å². The van der Waals surface area contributed by atoms with Gasteiger partial charge in [0.15, 0.2) is 5.82 Å². The lowest BCUT2D eigenvalue weighted by Crippen LogP contribution is -1.93. The van der Waals surface area contributed by atoms with Crippen LogP contribution in [0.4, 0.5) is 5.69 Å². The van der Waals surface area contributed by atoms with Gasteiger partial charge in [0.1, 0.15) is 11.6 Å². The molecule has 1 aliphatic rings. The van der Waals surface area contributed by atoms with E-state index in [4.69, 9.17) is 10.5 Å². The van der Waals surface area contributed by atoms with Crippen LogP contribution in [-0.2, 0) is 0 Å². The summed E-state index contributed by atoms with van der Waals surface area (Å²) in [6.07, 6.45) is 2.42. The number of rotatable bonds is 3. The van der Waals surface area contributed by atoms with E-state index in [2.05, 4.69) is 15.2 Å². The molecule has 5 heteroatoms. The summed E-state index contributed by atoms with van der Waals surface area (Å²) in [6.45, 7) is 0. The molecule has 0 bridgehead atoms. The normalized spacial score (nSPS) is 14.9. The van der Waals surface area contributed by atoms with Gasteiger partial charge in [-0.1, -0.05) is 0 Å². The summed E-state index contributed by atoms with van der Waals surface area (Å²) in [5.41, 5.74) is 7.30. The number of nitrogen functional groups attached to an aromatic ring is 1. The van der Waals surface area contributed by atoms with Crippen LogP contribution < -0.4 is 10.5 Å². The van der Waals surface area contributed by atoms with E-state index in [-0.39, 0.29) is 0 Å². The lowest BCUT2D eigenvalue weighted by atomic mass is 10.2. The van der Waals surface area contributed by atoms with Gasteiger partial charge < -0.3 is 10.5 Å². The van der Waals surface area contributed by atoms with Crippen molar-refractivity contribution in [1.29, 1.82) is 0 Å². The minimum Gasteiger partial charge on any atom is -0.495 e. The van der Waals surface area contributed by atoms with Crippen molar-refractivity contribution in [1.82, 2.24) is 15.2 Å². The summed E-state index contributed by atoms with van der Waals surface area (Å²) in [4.78, 5) is 4.48. The fraction of sp³-hybridized carbons (Fsp3) is 0.333. The molecule has 0 amide bonds. The van der Waals surface area contributed by atoms with Crippen molar-refractivity contribution in [3.05, 3.63) is 24.0 Å². The number of methoxy groups -OCH3 is 1. The molecule has 2 aromatic rings. The van der Waals surface area contributed by atoms with Gasteiger partial charge in [0, 0.05) is 11.5 Å². The second kappa shape index (κ2) is 3.76. The Hall–Kier alpha value is -2.04. The van der Waals surface area contributed by atoms with Crippen molar-refractivity contribution < 1.29 is 4.74 Å². The molecule has 1 aliphatic carbocycles. The average Bonchev–Trinajstić information content (AvgIpc) is 3.08. The summed E-state index contributed by atoms with van der Waals surface area (Å²) in [7, 11) is 1.60. The molecule has 0 atom stereocenters. The molecule has 3 rings (SSSR count). The van der Waals surface area contributed by atoms with Gasteiger partial charge in [-0.25, -0.2) is 4.98 Å². The van der Waals surface area contributed by atoms with Gasteiger partial charge in [0.05, 0.1) is 12.8 Å². The number of benzene rings is 1. The molecular formula is C12H14N4O. The molecule has 5 nitrogen and oxygen atoms in total. The van der Waals surface area contributed by atoms with Gasteiger partial charge in [-0.2, -0.15) is 5.10 Å². The van der Waals surface area contributed by atoms with E-state index in [9.17, 15) is 0 Å².